The Bertz CT molecular complexity index is 1030. The Hall–Kier alpha value is -2.21. The Morgan fingerprint density at radius 2 is 2.12 bits per heavy atom. The molecule has 2 aromatic rings. The number of carboxylic acid groups (broad SMARTS) is 1. The first-order valence-electron chi connectivity index (χ1n) is 11.9. The summed E-state index contributed by atoms with van der Waals surface area (Å²) in [5.41, 5.74) is 4.12. The maximum Gasteiger partial charge on any atom is 0.307 e. The van der Waals surface area contributed by atoms with Crippen LogP contribution in [0.25, 0.3) is 11.0 Å². The van der Waals surface area contributed by atoms with Crippen molar-refractivity contribution in [1.82, 2.24) is 5.16 Å². The molecule has 1 aromatic heterocycles. The Morgan fingerprint density at radius 3 is 2.82 bits per heavy atom. The first-order valence-corrected chi connectivity index (χ1v) is 12.8. The lowest BCUT2D eigenvalue weighted by Gasteiger charge is -2.29. The van der Waals surface area contributed by atoms with E-state index in [-0.39, 0.29) is 16.6 Å². The van der Waals surface area contributed by atoms with Gasteiger partial charge in [-0.15, -0.1) is 0 Å². The second-order valence-corrected chi connectivity index (χ2v) is 12.0. The quantitative estimate of drug-likeness (QED) is 0.356. The van der Waals surface area contributed by atoms with Crippen LogP contribution >= 0.6 is 11.8 Å². The summed E-state index contributed by atoms with van der Waals surface area (Å²) in [6, 6.07) is 4.15. The average Bonchev–Trinajstić information content (AvgIpc) is 3.10. The summed E-state index contributed by atoms with van der Waals surface area (Å²) < 4.78 is 11.9. The highest BCUT2D eigenvalue weighted by atomic mass is 32.2. The fraction of sp³-hybridized carbons (Fsp3) is 0.556. The van der Waals surface area contributed by atoms with Crippen LogP contribution in [0.4, 0.5) is 0 Å². The van der Waals surface area contributed by atoms with E-state index in [0.717, 1.165) is 71.4 Å². The summed E-state index contributed by atoms with van der Waals surface area (Å²) >= 11 is 1.86. The van der Waals surface area contributed by atoms with Gasteiger partial charge in [-0.3, -0.25) is 4.79 Å². The number of carboxylic acids is 1. The zero-order chi connectivity index (χ0) is 24.1. The van der Waals surface area contributed by atoms with Crippen LogP contribution in [0, 0.1) is 5.41 Å². The van der Waals surface area contributed by atoms with Crippen LogP contribution in [-0.4, -0.2) is 33.3 Å². The molecule has 0 bridgehead atoms. The summed E-state index contributed by atoms with van der Waals surface area (Å²) in [7, 11) is 0. The largest absolute Gasteiger partial charge is 0.493 e. The molecule has 1 unspecified atom stereocenters. The standard InChI is InChI=1S/C27H37NO4S/c1-6-9-21-23(12-11-20-22(18-26(2,3)4)28-32-25(20)21)31-14-8-15-33-27(5)13-7-10-19(17-27)16-24(29)30/h7,10-13H,6,8-9,14-18H2,1-5H3,(H,29,30). The maximum absolute atomic E-state index is 11.0. The van der Waals surface area contributed by atoms with Crippen molar-refractivity contribution in [2.45, 2.75) is 77.9 Å². The number of allylic oxidation sites excluding steroid dienone is 2. The van der Waals surface area contributed by atoms with Gasteiger partial charge in [0.1, 0.15) is 5.75 Å². The fourth-order valence-electron chi connectivity index (χ4n) is 4.26. The van der Waals surface area contributed by atoms with Crippen LogP contribution < -0.4 is 4.74 Å². The zero-order valence-corrected chi connectivity index (χ0v) is 21.4. The van der Waals surface area contributed by atoms with Gasteiger partial charge in [0, 0.05) is 15.7 Å². The van der Waals surface area contributed by atoms with Gasteiger partial charge in [0.15, 0.2) is 5.58 Å². The van der Waals surface area contributed by atoms with E-state index < -0.39 is 5.97 Å². The van der Waals surface area contributed by atoms with Crippen molar-refractivity contribution in [1.29, 1.82) is 0 Å². The number of carbonyl (C=O) groups is 1. The Balaban J connectivity index is 1.58. The second-order valence-electron chi connectivity index (χ2n) is 10.3. The van der Waals surface area contributed by atoms with Gasteiger partial charge in [-0.2, -0.15) is 11.8 Å². The monoisotopic (exact) mass is 471 g/mol. The highest BCUT2D eigenvalue weighted by Gasteiger charge is 2.26. The third-order valence-corrected chi connectivity index (χ3v) is 7.12. The second kappa shape index (κ2) is 10.8. The van der Waals surface area contributed by atoms with Gasteiger partial charge in [0.2, 0.25) is 0 Å². The molecular weight excluding hydrogens is 434 g/mol. The minimum absolute atomic E-state index is 0.0604. The first-order chi connectivity index (χ1) is 15.6. The molecule has 1 atom stereocenters. The van der Waals surface area contributed by atoms with Gasteiger partial charge >= 0.3 is 5.97 Å². The Labute approximate surface area is 201 Å². The number of ether oxygens (including phenoxy) is 1. The number of benzene rings is 1. The van der Waals surface area contributed by atoms with Crippen LogP contribution in [0.15, 0.2) is 40.5 Å². The third-order valence-electron chi connectivity index (χ3n) is 5.69. The van der Waals surface area contributed by atoms with E-state index in [4.69, 9.17) is 14.4 Å². The predicted molar refractivity (Wildman–Crippen MR) is 136 cm³/mol. The lowest BCUT2D eigenvalue weighted by atomic mass is 9.89. The molecular formula is C27H37NO4S. The topological polar surface area (TPSA) is 72.6 Å². The van der Waals surface area contributed by atoms with Gasteiger partial charge in [-0.25, -0.2) is 0 Å². The molecule has 180 valence electrons. The predicted octanol–water partition coefficient (Wildman–Crippen LogP) is 6.99. The van der Waals surface area contributed by atoms with Crippen molar-refractivity contribution in [3.8, 4) is 5.75 Å². The molecule has 3 rings (SSSR count). The highest BCUT2D eigenvalue weighted by molar-refractivity contribution is 8.00. The van der Waals surface area contributed by atoms with Crippen LogP contribution in [0.3, 0.4) is 0 Å². The number of nitrogens with zero attached hydrogens (tertiary/aromatic N) is 1. The lowest BCUT2D eigenvalue weighted by Crippen LogP contribution is -2.21. The molecule has 1 heterocycles. The highest BCUT2D eigenvalue weighted by Crippen LogP contribution is 2.37. The van der Waals surface area contributed by atoms with E-state index >= 15 is 0 Å². The van der Waals surface area contributed by atoms with Crippen LogP contribution in [0.5, 0.6) is 5.75 Å². The molecule has 1 aliphatic carbocycles. The van der Waals surface area contributed by atoms with Gasteiger partial charge in [0.05, 0.1) is 18.7 Å². The van der Waals surface area contributed by atoms with Crippen molar-refractivity contribution in [2.75, 3.05) is 12.4 Å². The number of hydrogen-bond donors (Lipinski definition) is 1. The minimum Gasteiger partial charge on any atom is -0.493 e. The molecule has 6 heteroatoms. The number of fused-ring (bicyclic) bond motifs is 1. The summed E-state index contributed by atoms with van der Waals surface area (Å²) in [4.78, 5) is 11.0. The SMILES string of the molecule is CCCc1c(OCCCSC2(C)C=CC=C(CC(=O)O)C2)ccc2c(CC(C)(C)C)noc12. The van der Waals surface area contributed by atoms with Crippen molar-refractivity contribution < 1.29 is 19.2 Å². The number of rotatable bonds is 11. The number of aliphatic carboxylic acids is 1. The van der Waals surface area contributed by atoms with Crippen LogP contribution in [0.1, 0.15) is 71.6 Å². The third kappa shape index (κ3) is 7.13. The van der Waals surface area contributed by atoms with Crippen molar-refractivity contribution in [2.24, 2.45) is 5.41 Å². The molecule has 5 nitrogen and oxygen atoms in total. The summed E-state index contributed by atoms with van der Waals surface area (Å²) in [6.07, 6.45) is 10.7. The van der Waals surface area contributed by atoms with Gasteiger partial charge < -0.3 is 14.4 Å². The molecule has 1 aromatic carbocycles. The van der Waals surface area contributed by atoms with Crippen LogP contribution in [-0.2, 0) is 17.6 Å². The van der Waals surface area contributed by atoms with Crippen molar-refractivity contribution in [3.05, 3.63) is 47.2 Å². The number of aryl methyl sites for hydroxylation is 1. The minimum atomic E-state index is -0.769. The van der Waals surface area contributed by atoms with E-state index in [1.165, 1.54) is 0 Å². The maximum atomic E-state index is 11.0. The molecule has 33 heavy (non-hydrogen) atoms. The van der Waals surface area contributed by atoms with Gasteiger partial charge in [-0.1, -0.05) is 63.1 Å². The number of aromatic nitrogens is 1. The fourth-order valence-corrected chi connectivity index (χ4v) is 5.45. The summed E-state index contributed by atoms with van der Waals surface area (Å²) in [5, 5.41) is 14.5. The van der Waals surface area contributed by atoms with E-state index in [1.54, 1.807) is 0 Å². The summed E-state index contributed by atoms with van der Waals surface area (Å²) in [5.74, 6) is 1.07. The molecule has 0 radical (unpaired) electrons. The molecule has 1 aliphatic rings. The number of thioether (sulfide) groups is 1. The zero-order valence-electron chi connectivity index (χ0n) is 20.6. The molecule has 0 amide bonds. The van der Waals surface area contributed by atoms with E-state index in [1.807, 2.05) is 23.9 Å². The van der Waals surface area contributed by atoms with Crippen LogP contribution in [0.2, 0.25) is 0 Å². The number of hydrogen-bond acceptors (Lipinski definition) is 5. The van der Waals surface area contributed by atoms with E-state index in [2.05, 4.69) is 58.0 Å². The van der Waals surface area contributed by atoms with E-state index in [9.17, 15) is 4.79 Å². The van der Waals surface area contributed by atoms with Crippen molar-refractivity contribution >= 4 is 28.7 Å². The average molecular weight is 472 g/mol. The molecule has 0 fully saturated rings. The normalized spacial score (nSPS) is 18.5. The first kappa shape index (κ1) is 25.4. The molecule has 0 spiro atoms. The molecule has 1 N–H and O–H groups in total. The molecule has 0 saturated carbocycles. The summed E-state index contributed by atoms with van der Waals surface area (Å²) in [6.45, 7) is 11.6. The molecule has 0 aliphatic heterocycles. The van der Waals surface area contributed by atoms with Crippen molar-refractivity contribution in [3.63, 3.8) is 0 Å². The smallest absolute Gasteiger partial charge is 0.307 e. The van der Waals surface area contributed by atoms with E-state index in [0.29, 0.717) is 6.61 Å². The Morgan fingerprint density at radius 1 is 1.33 bits per heavy atom. The van der Waals surface area contributed by atoms with Gasteiger partial charge in [-0.05, 0) is 55.9 Å². The lowest BCUT2D eigenvalue weighted by molar-refractivity contribution is -0.136. The molecule has 0 saturated heterocycles. The Kier molecular flexibility index (Phi) is 8.33. The van der Waals surface area contributed by atoms with Gasteiger partial charge in [0.25, 0.3) is 0 Å².